The number of nitrogens with one attached hydrogen (secondary N) is 1. The van der Waals surface area contributed by atoms with Crippen LogP contribution in [0, 0.1) is 0 Å². The molecule has 26 heavy (non-hydrogen) atoms. The van der Waals surface area contributed by atoms with E-state index >= 15 is 0 Å². The van der Waals surface area contributed by atoms with E-state index in [0.717, 1.165) is 13.0 Å². The van der Waals surface area contributed by atoms with E-state index < -0.39 is 0 Å². The summed E-state index contributed by atoms with van der Waals surface area (Å²) in [6.45, 7) is 7.64. The van der Waals surface area contributed by atoms with Gasteiger partial charge in [-0.05, 0) is 50.1 Å². The van der Waals surface area contributed by atoms with E-state index in [1.54, 1.807) is 11.8 Å². The molecule has 4 rings (SSSR count). The number of anilines is 1. The third-order valence-electron chi connectivity index (χ3n) is 4.60. The van der Waals surface area contributed by atoms with Crippen LogP contribution in [0.1, 0.15) is 31.3 Å². The Kier molecular flexibility index (Phi) is 4.88. The first kappa shape index (κ1) is 17.4. The molecule has 1 aromatic heterocycles. The van der Waals surface area contributed by atoms with Gasteiger partial charge < -0.3 is 5.32 Å². The van der Waals surface area contributed by atoms with Crippen LogP contribution in [-0.2, 0) is 13.0 Å². The molecule has 1 aliphatic rings. The van der Waals surface area contributed by atoms with Gasteiger partial charge in [0.15, 0.2) is 0 Å². The molecule has 0 saturated heterocycles. The molecule has 0 bridgehead atoms. The van der Waals surface area contributed by atoms with E-state index in [2.05, 4.69) is 85.3 Å². The molecule has 2 nitrogen and oxygen atoms in total. The first-order chi connectivity index (χ1) is 12.7. The van der Waals surface area contributed by atoms with E-state index in [-0.39, 0.29) is 0 Å². The number of fused-ring (bicyclic) bond motifs is 2. The Bertz CT molecular complexity index is 1000. The van der Waals surface area contributed by atoms with Crippen LogP contribution in [-0.4, -0.2) is 0 Å². The molecular formula is C22H23N2S2+. The number of rotatable bonds is 4. The molecular weight excluding hydrogens is 356 g/mol. The van der Waals surface area contributed by atoms with Crippen molar-refractivity contribution < 1.29 is 4.57 Å². The minimum atomic E-state index is 0.991. The molecule has 4 heteroatoms. The van der Waals surface area contributed by atoms with E-state index in [4.69, 9.17) is 0 Å². The summed E-state index contributed by atoms with van der Waals surface area (Å²) in [7, 11) is 0. The van der Waals surface area contributed by atoms with Crippen LogP contribution < -0.4 is 9.88 Å². The Morgan fingerprint density at radius 2 is 1.96 bits per heavy atom. The maximum absolute atomic E-state index is 3.50. The molecule has 132 valence electrons. The SMILES string of the molecule is CCc1cccc2sc(C=C(C)C=C3Nc4ccccc4S3)[n+](CC)c12. The van der Waals surface area contributed by atoms with Crippen LogP contribution in [0.15, 0.2) is 64.0 Å². The van der Waals surface area contributed by atoms with Crippen molar-refractivity contribution in [2.24, 2.45) is 0 Å². The Labute approximate surface area is 163 Å². The van der Waals surface area contributed by atoms with Crippen molar-refractivity contribution in [1.29, 1.82) is 0 Å². The predicted molar refractivity (Wildman–Crippen MR) is 115 cm³/mol. The number of aromatic nitrogens is 1. The van der Waals surface area contributed by atoms with Gasteiger partial charge in [0.05, 0.1) is 10.7 Å². The Morgan fingerprint density at radius 1 is 1.12 bits per heavy atom. The summed E-state index contributed by atoms with van der Waals surface area (Å²) in [5.74, 6) is 0. The Hall–Kier alpha value is -2.04. The molecule has 0 aliphatic carbocycles. The minimum absolute atomic E-state index is 0.991. The highest BCUT2D eigenvalue weighted by molar-refractivity contribution is 8.03. The average molecular weight is 380 g/mol. The summed E-state index contributed by atoms with van der Waals surface area (Å²) in [5.41, 5.74) is 5.30. The molecule has 0 amide bonds. The molecule has 0 fully saturated rings. The van der Waals surface area contributed by atoms with Gasteiger partial charge in [-0.2, -0.15) is 4.57 Å². The summed E-state index contributed by atoms with van der Waals surface area (Å²) in [6, 6.07) is 15.1. The third-order valence-corrected chi connectivity index (χ3v) is 6.72. The van der Waals surface area contributed by atoms with Gasteiger partial charge >= 0.3 is 0 Å². The molecule has 2 aromatic carbocycles. The quantitative estimate of drug-likeness (QED) is 0.541. The number of thioether (sulfide) groups is 1. The van der Waals surface area contributed by atoms with Gasteiger partial charge in [0.1, 0.15) is 11.2 Å². The monoisotopic (exact) mass is 379 g/mol. The molecule has 0 radical (unpaired) electrons. The van der Waals surface area contributed by atoms with E-state index in [0.29, 0.717) is 0 Å². The lowest BCUT2D eigenvalue weighted by Gasteiger charge is -1.99. The molecule has 0 saturated carbocycles. The van der Waals surface area contributed by atoms with Gasteiger partial charge in [-0.15, -0.1) is 0 Å². The predicted octanol–water partition coefficient (Wildman–Crippen LogP) is 6.23. The fourth-order valence-corrected chi connectivity index (χ4v) is 5.69. The molecule has 0 atom stereocenters. The zero-order valence-electron chi connectivity index (χ0n) is 15.4. The first-order valence-electron chi connectivity index (χ1n) is 9.07. The zero-order valence-corrected chi connectivity index (χ0v) is 17.0. The highest BCUT2D eigenvalue weighted by Gasteiger charge is 2.20. The van der Waals surface area contributed by atoms with Crippen LogP contribution >= 0.6 is 23.1 Å². The minimum Gasteiger partial charge on any atom is -0.349 e. The number of benzene rings is 2. The lowest BCUT2D eigenvalue weighted by Crippen LogP contribution is -2.34. The summed E-state index contributed by atoms with van der Waals surface area (Å²) >= 11 is 3.68. The van der Waals surface area contributed by atoms with Crippen molar-refractivity contribution >= 4 is 45.1 Å². The maximum Gasteiger partial charge on any atom is 0.263 e. The van der Waals surface area contributed by atoms with Crippen molar-refractivity contribution in [3.63, 3.8) is 0 Å². The van der Waals surface area contributed by atoms with Crippen LogP contribution in [0.5, 0.6) is 0 Å². The second kappa shape index (κ2) is 7.29. The van der Waals surface area contributed by atoms with Gasteiger partial charge in [-0.3, -0.25) is 0 Å². The van der Waals surface area contributed by atoms with Crippen LogP contribution in [0.4, 0.5) is 5.69 Å². The van der Waals surface area contributed by atoms with E-state index in [1.807, 2.05) is 11.3 Å². The van der Waals surface area contributed by atoms with Crippen molar-refractivity contribution in [3.05, 3.63) is 69.7 Å². The molecule has 2 heterocycles. The van der Waals surface area contributed by atoms with Gasteiger partial charge in [0, 0.05) is 16.5 Å². The number of allylic oxidation sites excluding steroid dienone is 2. The molecule has 3 aromatic rings. The van der Waals surface area contributed by atoms with Gasteiger partial charge in [0.2, 0.25) is 5.52 Å². The topological polar surface area (TPSA) is 15.9 Å². The fraction of sp³-hybridized carbons (Fsp3) is 0.227. The second-order valence-corrected chi connectivity index (χ2v) is 8.57. The van der Waals surface area contributed by atoms with E-state index in [9.17, 15) is 0 Å². The van der Waals surface area contributed by atoms with Gasteiger partial charge in [-0.25, -0.2) is 0 Å². The lowest BCUT2D eigenvalue weighted by atomic mass is 10.1. The lowest BCUT2D eigenvalue weighted by molar-refractivity contribution is -0.665. The largest absolute Gasteiger partial charge is 0.349 e. The number of thiazole rings is 1. The fourth-order valence-electron chi connectivity index (χ4n) is 3.39. The highest BCUT2D eigenvalue weighted by atomic mass is 32.2. The summed E-state index contributed by atoms with van der Waals surface area (Å²) in [4.78, 5) is 1.30. The van der Waals surface area contributed by atoms with Crippen LogP contribution in [0.25, 0.3) is 16.3 Å². The van der Waals surface area contributed by atoms with Crippen LogP contribution in [0.2, 0.25) is 0 Å². The van der Waals surface area contributed by atoms with E-state index in [1.165, 1.54) is 42.0 Å². The van der Waals surface area contributed by atoms with Gasteiger partial charge in [-0.1, -0.05) is 54.3 Å². The Balaban J connectivity index is 1.69. The Morgan fingerprint density at radius 3 is 2.73 bits per heavy atom. The standard InChI is InChI=1S/C22H22N2S2/c1-4-16-9-8-12-19-22(16)24(5-2)21(26-19)14-15(3)13-20-23-17-10-6-7-11-18(17)25-20/h6-14H,4-5H2,1-3H3/p+1. The van der Waals surface area contributed by atoms with Crippen molar-refractivity contribution in [2.45, 2.75) is 38.6 Å². The highest BCUT2D eigenvalue weighted by Crippen LogP contribution is 2.40. The number of aryl methyl sites for hydroxylation is 2. The number of nitrogens with zero attached hydrogens (tertiary/aromatic N) is 1. The molecule has 1 aliphatic heterocycles. The average Bonchev–Trinajstić information content (AvgIpc) is 3.20. The number of para-hydroxylation sites is 2. The number of hydrogen-bond donors (Lipinski definition) is 1. The molecule has 0 unspecified atom stereocenters. The van der Waals surface area contributed by atoms with Gasteiger partial charge in [0.25, 0.3) is 5.01 Å². The van der Waals surface area contributed by atoms with Crippen LogP contribution in [0.3, 0.4) is 0 Å². The summed E-state index contributed by atoms with van der Waals surface area (Å²) < 4.78 is 3.82. The summed E-state index contributed by atoms with van der Waals surface area (Å²) in [6.07, 6.45) is 5.63. The van der Waals surface area contributed by atoms with Crippen molar-refractivity contribution in [1.82, 2.24) is 0 Å². The smallest absolute Gasteiger partial charge is 0.263 e. The number of hydrogen-bond acceptors (Lipinski definition) is 3. The maximum atomic E-state index is 3.50. The third kappa shape index (κ3) is 3.19. The van der Waals surface area contributed by atoms with Crippen molar-refractivity contribution in [2.75, 3.05) is 5.32 Å². The summed E-state index contributed by atoms with van der Waals surface area (Å²) in [5, 5.41) is 6.02. The normalized spacial score (nSPS) is 15.5. The first-order valence-corrected chi connectivity index (χ1v) is 10.7. The molecule has 1 N–H and O–H groups in total. The van der Waals surface area contributed by atoms with Crippen molar-refractivity contribution in [3.8, 4) is 0 Å². The second-order valence-electron chi connectivity index (χ2n) is 6.42. The molecule has 0 spiro atoms. The zero-order chi connectivity index (χ0) is 18.1.